The maximum absolute atomic E-state index is 15.3. The first kappa shape index (κ1) is 28.5. The molecule has 0 aliphatic heterocycles. The van der Waals surface area contributed by atoms with Crippen LogP contribution in [0.15, 0.2) is 66.7 Å². The molecule has 40 heavy (non-hydrogen) atoms. The lowest BCUT2D eigenvalue weighted by atomic mass is 9.68. The summed E-state index contributed by atoms with van der Waals surface area (Å²) >= 11 is 0. The van der Waals surface area contributed by atoms with E-state index in [1.807, 2.05) is 24.3 Å². The third kappa shape index (κ3) is 6.32. The Morgan fingerprint density at radius 2 is 1.35 bits per heavy atom. The zero-order valence-corrected chi connectivity index (χ0v) is 23.8. The minimum atomic E-state index is -1.00. The van der Waals surface area contributed by atoms with Crippen molar-refractivity contribution in [3.63, 3.8) is 0 Å². The molecule has 4 heteroatoms. The van der Waals surface area contributed by atoms with Gasteiger partial charge < -0.3 is 4.74 Å². The Hall–Kier alpha value is -3.01. The van der Waals surface area contributed by atoms with Crippen molar-refractivity contribution in [1.29, 1.82) is 0 Å². The summed E-state index contributed by atoms with van der Waals surface area (Å²) in [5, 5.41) is 0. The van der Waals surface area contributed by atoms with Crippen LogP contribution in [-0.4, -0.2) is 7.11 Å². The van der Waals surface area contributed by atoms with Crippen LogP contribution in [0.4, 0.5) is 13.2 Å². The van der Waals surface area contributed by atoms with Crippen LogP contribution in [0.1, 0.15) is 82.6 Å². The second-order valence-corrected chi connectivity index (χ2v) is 11.8. The summed E-state index contributed by atoms with van der Waals surface area (Å²) in [6.45, 7) is 2.10. The zero-order chi connectivity index (χ0) is 28.1. The Balaban J connectivity index is 1.18. The van der Waals surface area contributed by atoms with Crippen LogP contribution >= 0.6 is 0 Å². The summed E-state index contributed by atoms with van der Waals surface area (Å²) in [7, 11) is 1.31. The largest absolute Gasteiger partial charge is 0.494 e. The summed E-state index contributed by atoms with van der Waals surface area (Å²) in [4.78, 5) is 0. The van der Waals surface area contributed by atoms with Gasteiger partial charge >= 0.3 is 0 Å². The van der Waals surface area contributed by atoms with Gasteiger partial charge in [0.1, 0.15) is 5.82 Å². The summed E-state index contributed by atoms with van der Waals surface area (Å²) in [5.41, 5.74) is 3.18. The third-order valence-corrected chi connectivity index (χ3v) is 9.54. The van der Waals surface area contributed by atoms with Gasteiger partial charge in [-0.2, -0.15) is 4.39 Å². The van der Waals surface area contributed by atoms with Crippen molar-refractivity contribution in [2.75, 3.05) is 7.11 Å². The van der Waals surface area contributed by atoms with Crippen molar-refractivity contribution in [3.8, 4) is 28.0 Å². The van der Waals surface area contributed by atoms with Gasteiger partial charge in [-0.05, 0) is 122 Å². The molecule has 2 aliphatic carbocycles. The van der Waals surface area contributed by atoms with Gasteiger partial charge in [0.15, 0.2) is 11.6 Å². The van der Waals surface area contributed by atoms with E-state index in [0.29, 0.717) is 5.56 Å². The van der Waals surface area contributed by atoms with E-state index in [-0.39, 0.29) is 23.0 Å². The minimum absolute atomic E-state index is 0.125. The van der Waals surface area contributed by atoms with Gasteiger partial charge in [-0.3, -0.25) is 0 Å². The highest BCUT2D eigenvalue weighted by atomic mass is 19.2. The highest BCUT2D eigenvalue weighted by Gasteiger charge is 2.32. The van der Waals surface area contributed by atoms with Gasteiger partial charge in [-0.25, -0.2) is 8.78 Å². The second kappa shape index (κ2) is 13.1. The number of allylic oxidation sites excluding steroid dienone is 2. The topological polar surface area (TPSA) is 9.23 Å². The van der Waals surface area contributed by atoms with Gasteiger partial charge in [0, 0.05) is 5.56 Å². The van der Waals surface area contributed by atoms with E-state index in [1.165, 1.54) is 70.6 Å². The Morgan fingerprint density at radius 3 is 1.98 bits per heavy atom. The average Bonchev–Trinajstić information content (AvgIpc) is 2.99. The quantitative estimate of drug-likeness (QED) is 0.255. The Bertz CT molecular complexity index is 1300. The number of benzene rings is 3. The minimum Gasteiger partial charge on any atom is -0.494 e. The number of ether oxygens (including phenoxy) is 1. The molecule has 3 aromatic rings. The lowest BCUT2D eigenvalue weighted by Gasteiger charge is -2.38. The molecule has 212 valence electrons. The van der Waals surface area contributed by atoms with Crippen LogP contribution in [0, 0.1) is 35.2 Å². The molecule has 0 saturated heterocycles. The number of hydrogen-bond acceptors (Lipinski definition) is 1. The highest BCUT2D eigenvalue weighted by molar-refractivity contribution is 5.71. The normalized spacial score (nSPS) is 23.4. The lowest BCUT2D eigenvalue weighted by Crippen LogP contribution is -2.25. The maximum atomic E-state index is 15.3. The van der Waals surface area contributed by atoms with E-state index in [2.05, 4.69) is 19.1 Å². The highest BCUT2D eigenvalue weighted by Crippen LogP contribution is 2.45. The van der Waals surface area contributed by atoms with Crippen LogP contribution in [0.25, 0.3) is 22.3 Å². The predicted molar refractivity (Wildman–Crippen MR) is 158 cm³/mol. The van der Waals surface area contributed by atoms with Crippen molar-refractivity contribution in [2.45, 2.75) is 77.0 Å². The number of rotatable bonds is 8. The van der Waals surface area contributed by atoms with Gasteiger partial charge in [-0.1, -0.05) is 61.4 Å². The standard InChI is InChI=1S/C36H41F3O/c1-3-4-5-6-24-7-9-25(10-8-24)26-11-15-28(16-12-26)31-20-19-30(23-33(31)37)27-13-17-29(18-14-27)32-21-22-34(40-2)36(39)35(32)38/h3-4,13-14,17-26,28H,5-12,15-16H2,1-2H3/b4-3+. The summed E-state index contributed by atoms with van der Waals surface area (Å²) < 4.78 is 48.9. The summed E-state index contributed by atoms with van der Waals surface area (Å²) in [6, 6.07) is 15.6. The summed E-state index contributed by atoms with van der Waals surface area (Å²) in [6.07, 6.45) is 17.1. The van der Waals surface area contributed by atoms with Crippen LogP contribution < -0.4 is 4.74 Å². The molecular weight excluding hydrogens is 505 g/mol. The van der Waals surface area contributed by atoms with Gasteiger partial charge in [0.05, 0.1) is 7.11 Å². The average molecular weight is 547 g/mol. The van der Waals surface area contributed by atoms with Crippen LogP contribution in [0.3, 0.4) is 0 Å². The molecule has 0 amide bonds. The molecule has 0 unspecified atom stereocenters. The van der Waals surface area contributed by atoms with Gasteiger partial charge in [0.2, 0.25) is 5.82 Å². The number of halogens is 3. The Kier molecular flexibility index (Phi) is 9.34. The first-order chi connectivity index (χ1) is 19.5. The second-order valence-electron chi connectivity index (χ2n) is 11.8. The van der Waals surface area contributed by atoms with Crippen molar-refractivity contribution in [3.05, 3.63) is 89.8 Å². The molecular formula is C36H41F3O. The maximum Gasteiger partial charge on any atom is 0.201 e. The molecule has 0 spiro atoms. The van der Waals surface area contributed by atoms with Crippen LogP contribution in [0.5, 0.6) is 5.75 Å². The van der Waals surface area contributed by atoms with Crippen molar-refractivity contribution in [1.82, 2.24) is 0 Å². The number of methoxy groups -OCH3 is 1. The van der Waals surface area contributed by atoms with E-state index in [9.17, 15) is 8.78 Å². The lowest BCUT2D eigenvalue weighted by molar-refractivity contribution is 0.156. The summed E-state index contributed by atoms with van der Waals surface area (Å²) in [5.74, 6) is 0.644. The molecule has 2 aliphatic rings. The fourth-order valence-electron chi connectivity index (χ4n) is 7.14. The Labute approximate surface area is 237 Å². The zero-order valence-electron chi connectivity index (χ0n) is 23.8. The molecule has 0 bridgehead atoms. The van der Waals surface area contributed by atoms with Gasteiger partial charge in [0.25, 0.3) is 0 Å². The molecule has 3 aromatic carbocycles. The molecule has 2 saturated carbocycles. The fraction of sp³-hybridized carbons (Fsp3) is 0.444. The number of hydrogen-bond donors (Lipinski definition) is 0. The Morgan fingerprint density at radius 1 is 0.725 bits per heavy atom. The monoisotopic (exact) mass is 546 g/mol. The van der Waals surface area contributed by atoms with Crippen molar-refractivity contribution in [2.24, 2.45) is 17.8 Å². The smallest absolute Gasteiger partial charge is 0.201 e. The fourth-order valence-corrected chi connectivity index (χ4v) is 7.14. The first-order valence-corrected chi connectivity index (χ1v) is 15.0. The van der Waals surface area contributed by atoms with E-state index in [1.54, 1.807) is 18.2 Å². The third-order valence-electron chi connectivity index (χ3n) is 9.54. The molecule has 0 aromatic heterocycles. The van der Waals surface area contributed by atoms with Crippen molar-refractivity contribution >= 4 is 0 Å². The predicted octanol–water partition coefficient (Wildman–Crippen LogP) is 10.9. The molecule has 5 rings (SSSR count). The molecule has 0 N–H and O–H groups in total. The van der Waals surface area contributed by atoms with E-state index in [4.69, 9.17) is 4.74 Å². The van der Waals surface area contributed by atoms with E-state index >= 15 is 4.39 Å². The molecule has 0 heterocycles. The van der Waals surface area contributed by atoms with Crippen molar-refractivity contribution < 1.29 is 17.9 Å². The van der Waals surface area contributed by atoms with Crippen LogP contribution in [0.2, 0.25) is 0 Å². The van der Waals surface area contributed by atoms with Crippen LogP contribution in [-0.2, 0) is 0 Å². The molecule has 0 radical (unpaired) electrons. The molecule has 0 atom stereocenters. The first-order valence-electron chi connectivity index (χ1n) is 15.0. The SMILES string of the molecule is C/C=C/CCC1CCC(C2CCC(c3ccc(-c4ccc(-c5ccc(OC)c(F)c5F)cc4)cc3F)CC2)CC1. The van der Waals surface area contributed by atoms with E-state index in [0.717, 1.165) is 47.3 Å². The van der Waals surface area contributed by atoms with Gasteiger partial charge in [-0.15, -0.1) is 0 Å². The molecule has 2 fully saturated rings. The molecule has 1 nitrogen and oxygen atoms in total. The van der Waals surface area contributed by atoms with E-state index < -0.39 is 11.6 Å².